The van der Waals surface area contributed by atoms with E-state index in [4.69, 9.17) is 14.2 Å². The predicted molar refractivity (Wildman–Crippen MR) is 154 cm³/mol. The number of β-amino-alcohol motifs (C(OH)–C–C–N with tert-alkyl or cyclic N) is 1. The van der Waals surface area contributed by atoms with Crippen LogP contribution in [0.4, 0.5) is 18.8 Å². The van der Waals surface area contributed by atoms with Gasteiger partial charge in [0.2, 0.25) is 10.0 Å². The molecule has 2 saturated heterocycles. The summed E-state index contributed by atoms with van der Waals surface area (Å²) in [5.41, 5.74) is -1.20. The van der Waals surface area contributed by atoms with Crippen LogP contribution in [0.15, 0.2) is 53.4 Å². The zero-order chi connectivity index (χ0) is 32.4. The second-order valence-electron chi connectivity index (χ2n) is 11.2. The summed E-state index contributed by atoms with van der Waals surface area (Å²) in [4.78, 5) is 39.5. The molecule has 2 aromatic carbocycles. The van der Waals surface area contributed by atoms with Crippen LogP contribution >= 0.6 is 0 Å². The maximum atomic E-state index is 14.1. The molecular formula is C29H37FN4O9S. The Balaban J connectivity index is 1.71. The van der Waals surface area contributed by atoms with E-state index < -0.39 is 83.7 Å². The molecule has 2 aliphatic rings. The highest BCUT2D eigenvalue weighted by Gasteiger charge is 2.64. The monoisotopic (exact) mass is 636 g/mol. The van der Waals surface area contributed by atoms with Crippen molar-refractivity contribution in [2.24, 2.45) is 0 Å². The molecule has 0 spiro atoms. The first-order valence-corrected chi connectivity index (χ1v) is 15.5. The lowest BCUT2D eigenvalue weighted by molar-refractivity contribution is -0.191. The molecule has 3 amide bonds. The Bertz CT molecular complexity index is 1490. The number of benzene rings is 2. The molecule has 0 bridgehead atoms. The minimum atomic E-state index is -4.22. The van der Waals surface area contributed by atoms with Crippen LogP contribution in [-0.4, -0.2) is 95.7 Å². The number of hydrogen-bond donors (Lipinski definition) is 2. The molecule has 0 unspecified atom stereocenters. The molecule has 240 valence electrons. The van der Waals surface area contributed by atoms with Crippen molar-refractivity contribution in [1.29, 1.82) is 0 Å². The number of aliphatic hydroxyl groups is 1. The number of carbonyl (C=O) groups excluding carboxylic acids is 3. The number of alkyl carbamates (subject to hydrolysis) is 1. The first kappa shape index (κ1) is 33.0. The van der Waals surface area contributed by atoms with Crippen LogP contribution in [0.1, 0.15) is 38.8 Å². The molecule has 4 rings (SSSR count). The molecule has 3 atom stereocenters. The normalized spacial score (nSPS) is 22.1. The van der Waals surface area contributed by atoms with Gasteiger partial charge in [-0.05, 0) is 52.8 Å². The summed E-state index contributed by atoms with van der Waals surface area (Å²) in [5.74, 6) is -0.557. The van der Waals surface area contributed by atoms with Crippen molar-refractivity contribution in [2.75, 3.05) is 19.6 Å². The van der Waals surface area contributed by atoms with E-state index in [0.717, 1.165) is 19.9 Å². The minimum absolute atomic E-state index is 0.0576. The van der Waals surface area contributed by atoms with Crippen molar-refractivity contribution in [1.82, 2.24) is 19.6 Å². The highest BCUT2D eigenvalue weighted by atomic mass is 32.2. The van der Waals surface area contributed by atoms with Gasteiger partial charge in [0.1, 0.15) is 17.5 Å². The fraction of sp³-hybridized carbons (Fsp3) is 0.483. The smallest absolute Gasteiger partial charge is 0.429 e. The number of nitrogens with one attached hydrogen (secondary N) is 1. The number of amides is 3. The summed E-state index contributed by atoms with van der Waals surface area (Å²) in [6.45, 7) is 6.25. The van der Waals surface area contributed by atoms with Gasteiger partial charge in [-0.15, -0.1) is 0 Å². The molecule has 0 aliphatic carbocycles. The van der Waals surface area contributed by atoms with Crippen molar-refractivity contribution >= 4 is 28.3 Å². The van der Waals surface area contributed by atoms with E-state index in [0.29, 0.717) is 0 Å². The zero-order valence-corrected chi connectivity index (χ0v) is 25.9. The minimum Gasteiger partial charge on any atom is -0.445 e. The van der Waals surface area contributed by atoms with Gasteiger partial charge in [-0.25, -0.2) is 37.2 Å². The summed E-state index contributed by atoms with van der Waals surface area (Å²) in [5, 5.41) is 16.2. The Morgan fingerprint density at radius 3 is 2.23 bits per heavy atom. The average Bonchev–Trinajstić information content (AvgIpc) is 3.31. The number of ether oxygens (including phenoxy) is 3. The number of aryl methyl sites for hydroxylation is 1. The lowest BCUT2D eigenvalue weighted by Gasteiger charge is -2.50. The fourth-order valence-corrected chi connectivity index (χ4v) is 6.54. The third-order valence-electron chi connectivity index (χ3n) is 7.19. The Kier molecular flexibility index (Phi) is 9.71. The van der Waals surface area contributed by atoms with E-state index in [2.05, 4.69) is 5.32 Å². The van der Waals surface area contributed by atoms with Crippen molar-refractivity contribution in [3.05, 3.63) is 65.5 Å². The highest BCUT2D eigenvalue weighted by Crippen LogP contribution is 2.39. The Labute approximate surface area is 255 Å². The molecule has 0 aromatic heterocycles. The Hall–Kier alpha value is -3.95. The zero-order valence-electron chi connectivity index (χ0n) is 25.1. The molecule has 2 aromatic rings. The van der Waals surface area contributed by atoms with Crippen molar-refractivity contribution in [3.8, 4) is 0 Å². The number of carbonyl (C=O) groups is 3. The van der Waals surface area contributed by atoms with E-state index >= 15 is 0 Å². The Morgan fingerprint density at radius 1 is 1.00 bits per heavy atom. The van der Waals surface area contributed by atoms with Gasteiger partial charge in [0.15, 0.2) is 6.10 Å². The van der Waals surface area contributed by atoms with Gasteiger partial charge in [0, 0.05) is 25.2 Å². The van der Waals surface area contributed by atoms with Crippen LogP contribution in [0.3, 0.4) is 0 Å². The van der Waals surface area contributed by atoms with Crippen LogP contribution in [0.5, 0.6) is 0 Å². The lowest BCUT2D eigenvalue weighted by Crippen LogP contribution is -2.73. The number of sulfonamides is 1. The Morgan fingerprint density at radius 2 is 1.61 bits per heavy atom. The van der Waals surface area contributed by atoms with Crippen LogP contribution in [0, 0.1) is 12.7 Å². The summed E-state index contributed by atoms with van der Waals surface area (Å²) in [6, 6.07) is 10.4. The van der Waals surface area contributed by atoms with Gasteiger partial charge < -0.3 is 24.6 Å². The topological polar surface area (TPSA) is 155 Å². The molecule has 0 radical (unpaired) electrons. The van der Waals surface area contributed by atoms with Gasteiger partial charge in [-0.3, -0.25) is 0 Å². The second-order valence-corrected chi connectivity index (χ2v) is 13.2. The van der Waals surface area contributed by atoms with Gasteiger partial charge in [0.05, 0.1) is 23.6 Å². The van der Waals surface area contributed by atoms with E-state index in [-0.39, 0.29) is 17.0 Å². The highest BCUT2D eigenvalue weighted by molar-refractivity contribution is 7.89. The first-order valence-electron chi connectivity index (χ1n) is 14.1. The number of hydrogen-bond acceptors (Lipinski definition) is 9. The number of hydrazine groups is 1. The molecule has 2 N–H and O–H groups in total. The van der Waals surface area contributed by atoms with Crippen LogP contribution in [0.25, 0.3) is 0 Å². The van der Waals surface area contributed by atoms with Gasteiger partial charge >= 0.3 is 18.3 Å². The molecule has 44 heavy (non-hydrogen) atoms. The number of rotatable bonds is 7. The molecule has 2 fully saturated rings. The van der Waals surface area contributed by atoms with Gasteiger partial charge in [-0.2, -0.15) is 4.31 Å². The maximum absolute atomic E-state index is 14.1. The van der Waals surface area contributed by atoms with Gasteiger partial charge in [0.25, 0.3) is 0 Å². The van der Waals surface area contributed by atoms with Crippen LogP contribution in [-0.2, 0) is 30.8 Å². The largest absolute Gasteiger partial charge is 0.445 e. The molecular weight excluding hydrogens is 599 g/mol. The maximum Gasteiger partial charge on any atom is 0.429 e. The summed E-state index contributed by atoms with van der Waals surface area (Å²) in [6.07, 6.45) is -5.92. The van der Waals surface area contributed by atoms with Crippen molar-refractivity contribution in [3.63, 3.8) is 0 Å². The summed E-state index contributed by atoms with van der Waals surface area (Å²) in [7, 11) is -4.22. The molecule has 2 heterocycles. The average molecular weight is 637 g/mol. The molecule has 13 nitrogen and oxygen atoms in total. The second kappa shape index (κ2) is 13.0. The van der Waals surface area contributed by atoms with Crippen molar-refractivity contribution in [2.45, 2.75) is 76.0 Å². The van der Waals surface area contributed by atoms with Crippen molar-refractivity contribution < 1.29 is 46.5 Å². The van der Waals surface area contributed by atoms with E-state index in [9.17, 15) is 32.3 Å². The molecule has 0 saturated carbocycles. The third kappa shape index (κ3) is 6.89. The summed E-state index contributed by atoms with van der Waals surface area (Å²) >= 11 is 0. The van der Waals surface area contributed by atoms with E-state index in [1.807, 2.05) is 0 Å². The van der Waals surface area contributed by atoms with Gasteiger partial charge in [-0.1, -0.05) is 35.9 Å². The number of halogens is 1. The number of fused-ring (bicyclic) bond motifs is 1. The fourth-order valence-electron chi connectivity index (χ4n) is 5.05. The number of nitrogens with zero attached hydrogens (tertiary/aromatic N) is 3. The summed E-state index contributed by atoms with van der Waals surface area (Å²) < 4.78 is 58.7. The quantitative estimate of drug-likeness (QED) is 0.436. The predicted octanol–water partition coefficient (Wildman–Crippen LogP) is 3.16. The van der Waals surface area contributed by atoms with E-state index in [1.54, 1.807) is 52.8 Å². The first-order chi connectivity index (χ1) is 20.6. The SMILES string of the molecule is Cc1ccc(S(=O)(=O)N2C[C@H]3N(C(=O)OC(C)C)N(C(=O)OC(C)C)C[C@H](OC(=O)NCc4ccccc4F)[C@@]3(O)C2)cc1. The lowest BCUT2D eigenvalue weighted by atomic mass is 9.88. The van der Waals surface area contributed by atoms with Crippen LogP contribution in [0.2, 0.25) is 0 Å². The van der Waals surface area contributed by atoms with E-state index in [1.165, 1.54) is 30.3 Å². The molecule has 2 aliphatic heterocycles. The third-order valence-corrected chi connectivity index (χ3v) is 9.02. The molecule has 15 heteroatoms. The standard InChI is InChI=1S/C29H37FN4O9S/c1-18(2)41-27(36)33-16-25(43-26(35)31-14-21-8-6-7-9-23(21)30)29(38)17-32(15-24(29)34(33)28(37)42-19(3)4)44(39,40)22-12-10-20(5)11-13-22/h6-13,18-19,24-25,38H,14-17H2,1-5H3,(H,31,35)/t24-,25+,29-/m1/s1. The van der Waals surface area contributed by atoms with Crippen LogP contribution < -0.4 is 5.32 Å².